The zero-order chi connectivity index (χ0) is 15.2. The Morgan fingerprint density at radius 2 is 1.95 bits per heavy atom. The lowest BCUT2D eigenvalue weighted by Crippen LogP contribution is -2.39. The van der Waals surface area contributed by atoms with Gasteiger partial charge in [0.15, 0.2) is 0 Å². The molecule has 0 bridgehead atoms. The summed E-state index contributed by atoms with van der Waals surface area (Å²) in [5.41, 5.74) is 1.81. The van der Waals surface area contributed by atoms with Gasteiger partial charge in [-0.1, -0.05) is 32.0 Å². The summed E-state index contributed by atoms with van der Waals surface area (Å²) in [6, 6.07) is 9.56. The number of para-hydroxylation sites is 1. The number of rotatable bonds is 6. The number of aromatic nitrogens is 2. The number of hydrogen-bond donors (Lipinski definition) is 2. The molecule has 2 rings (SSSR count). The molecule has 0 aliphatic rings. The molecule has 0 spiro atoms. The Kier molecular flexibility index (Phi) is 4.98. The van der Waals surface area contributed by atoms with Gasteiger partial charge < -0.3 is 10.6 Å². The third-order valence-corrected chi connectivity index (χ3v) is 3.06. The van der Waals surface area contributed by atoms with Crippen LogP contribution in [0.2, 0.25) is 0 Å². The Morgan fingerprint density at radius 1 is 1.24 bits per heavy atom. The lowest BCUT2D eigenvalue weighted by molar-refractivity contribution is -0.121. The van der Waals surface area contributed by atoms with Crippen molar-refractivity contribution in [3.63, 3.8) is 0 Å². The average Bonchev–Trinajstić information content (AvgIpc) is 2.94. The fourth-order valence-electron chi connectivity index (χ4n) is 1.89. The molecule has 1 aromatic carbocycles. The summed E-state index contributed by atoms with van der Waals surface area (Å²) in [6.45, 7) is 6.67. The molecular formula is C16H22N4O. The van der Waals surface area contributed by atoms with Gasteiger partial charge in [0.2, 0.25) is 5.91 Å². The van der Waals surface area contributed by atoms with Gasteiger partial charge in [0.1, 0.15) is 6.04 Å². The van der Waals surface area contributed by atoms with Gasteiger partial charge in [0.05, 0.1) is 23.8 Å². The van der Waals surface area contributed by atoms with E-state index < -0.39 is 0 Å². The Hall–Kier alpha value is -2.30. The van der Waals surface area contributed by atoms with Crippen LogP contribution >= 0.6 is 0 Å². The highest BCUT2D eigenvalue weighted by atomic mass is 16.2. The maximum Gasteiger partial charge on any atom is 0.242 e. The zero-order valence-electron chi connectivity index (χ0n) is 12.7. The maximum absolute atomic E-state index is 11.9. The molecule has 0 unspecified atom stereocenters. The Labute approximate surface area is 125 Å². The number of carbonyl (C=O) groups excluding carboxylic acids is 1. The van der Waals surface area contributed by atoms with Crippen molar-refractivity contribution in [1.82, 2.24) is 15.1 Å². The van der Waals surface area contributed by atoms with Crippen LogP contribution in [0.25, 0.3) is 5.69 Å². The van der Waals surface area contributed by atoms with Crippen molar-refractivity contribution in [2.75, 3.05) is 11.9 Å². The first-order chi connectivity index (χ1) is 10.1. The lowest BCUT2D eigenvalue weighted by Gasteiger charge is -2.14. The highest BCUT2D eigenvalue weighted by Crippen LogP contribution is 2.12. The number of anilines is 1. The van der Waals surface area contributed by atoms with Crippen molar-refractivity contribution in [2.24, 2.45) is 5.92 Å². The number of amides is 1. The van der Waals surface area contributed by atoms with E-state index in [4.69, 9.17) is 0 Å². The van der Waals surface area contributed by atoms with Gasteiger partial charge in [-0.15, -0.1) is 0 Å². The first kappa shape index (κ1) is 15.1. The number of nitrogens with one attached hydrogen (secondary N) is 2. The second-order valence-electron chi connectivity index (χ2n) is 5.51. The van der Waals surface area contributed by atoms with Crippen molar-refractivity contribution in [3.05, 3.63) is 42.7 Å². The molecule has 0 saturated heterocycles. The van der Waals surface area contributed by atoms with E-state index in [-0.39, 0.29) is 11.9 Å². The van der Waals surface area contributed by atoms with Crippen LogP contribution < -0.4 is 10.6 Å². The normalized spacial score (nSPS) is 12.2. The molecule has 5 nitrogen and oxygen atoms in total. The third kappa shape index (κ3) is 4.34. The molecule has 0 radical (unpaired) electrons. The van der Waals surface area contributed by atoms with Gasteiger partial charge in [-0.05, 0) is 25.0 Å². The van der Waals surface area contributed by atoms with Gasteiger partial charge in [0, 0.05) is 6.54 Å². The molecule has 2 aromatic rings. The topological polar surface area (TPSA) is 59.0 Å². The van der Waals surface area contributed by atoms with E-state index in [1.165, 1.54) is 0 Å². The van der Waals surface area contributed by atoms with E-state index in [2.05, 4.69) is 29.6 Å². The summed E-state index contributed by atoms with van der Waals surface area (Å²) < 4.78 is 1.78. The minimum atomic E-state index is -0.294. The second-order valence-corrected chi connectivity index (χ2v) is 5.51. The monoisotopic (exact) mass is 286 g/mol. The standard InChI is InChI=1S/C16H22N4O/c1-12(2)9-17-16(21)13(3)19-14-10-18-20(11-14)15-7-5-4-6-8-15/h4-8,10-13,19H,9H2,1-3H3,(H,17,21)/t13-/m0/s1. The van der Waals surface area contributed by atoms with Gasteiger partial charge in [-0.2, -0.15) is 5.10 Å². The van der Waals surface area contributed by atoms with Crippen LogP contribution in [0.3, 0.4) is 0 Å². The van der Waals surface area contributed by atoms with E-state index in [1.54, 1.807) is 10.9 Å². The molecule has 21 heavy (non-hydrogen) atoms. The van der Waals surface area contributed by atoms with Crippen LogP contribution in [-0.4, -0.2) is 28.3 Å². The van der Waals surface area contributed by atoms with Crippen molar-refractivity contribution in [3.8, 4) is 5.69 Å². The molecule has 1 heterocycles. The molecule has 2 N–H and O–H groups in total. The van der Waals surface area contributed by atoms with E-state index in [1.807, 2.05) is 43.5 Å². The SMILES string of the molecule is CC(C)CNC(=O)[C@H](C)Nc1cnn(-c2ccccc2)c1. The van der Waals surface area contributed by atoms with Crippen molar-refractivity contribution in [1.29, 1.82) is 0 Å². The summed E-state index contributed by atoms with van der Waals surface area (Å²) in [7, 11) is 0. The van der Waals surface area contributed by atoms with E-state index in [0.717, 1.165) is 11.4 Å². The predicted octanol–water partition coefficient (Wildman–Crippen LogP) is 2.44. The summed E-state index contributed by atoms with van der Waals surface area (Å²) in [5.74, 6) is 0.443. The quantitative estimate of drug-likeness (QED) is 0.857. The zero-order valence-corrected chi connectivity index (χ0v) is 12.7. The minimum absolute atomic E-state index is 0.00355. The molecule has 0 saturated carbocycles. The van der Waals surface area contributed by atoms with Crippen LogP contribution in [0.15, 0.2) is 42.7 Å². The lowest BCUT2D eigenvalue weighted by atomic mass is 10.2. The Balaban J connectivity index is 1.95. The average molecular weight is 286 g/mol. The molecule has 112 valence electrons. The molecule has 0 fully saturated rings. The smallest absolute Gasteiger partial charge is 0.242 e. The maximum atomic E-state index is 11.9. The number of nitrogens with zero attached hydrogens (tertiary/aromatic N) is 2. The molecule has 0 aliphatic carbocycles. The largest absolute Gasteiger partial charge is 0.371 e. The summed E-state index contributed by atoms with van der Waals surface area (Å²) in [4.78, 5) is 11.9. The molecule has 1 aromatic heterocycles. The fourth-order valence-corrected chi connectivity index (χ4v) is 1.89. The summed E-state index contributed by atoms with van der Waals surface area (Å²) >= 11 is 0. The fraction of sp³-hybridized carbons (Fsp3) is 0.375. The second kappa shape index (κ2) is 6.92. The first-order valence-corrected chi connectivity index (χ1v) is 7.20. The summed E-state index contributed by atoms with van der Waals surface area (Å²) in [5, 5.41) is 10.4. The van der Waals surface area contributed by atoms with Crippen LogP contribution in [0.5, 0.6) is 0 Å². The number of hydrogen-bond acceptors (Lipinski definition) is 3. The van der Waals surface area contributed by atoms with Gasteiger partial charge in [-0.25, -0.2) is 4.68 Å². The van der Waals surface area contributed by atoms with Crippen molar-refractivity contribution >= 4 is 11.6 Å². The highest BCUT2D eigenvalue weighted by Gasteiger charge is 2.13. The van der Waals surface area contributed by atoms with Gasteiger partial charge >= 0.3 is 0 Å². The Bertz CT molecular complexity index is 577. The molecular weight excluding hydrogens is 264 g/mol. The van der Waals surface area contributed by atoms with E-state index in [9.17, 15) is 4.79 Å². The van der Waals surface area contributed by atoms with Crippen LogP contribution in [0.4, 0.5) is 5.69 Å². The predicted molar refractivity (Wildman–Crippen MR) is 84.5 cm³/mol. The van der Waals surface area contributed by atoms with Gasteiger partial charge in [0.25, 0.3) is 0 Å². The molecule has 1 atom stereocenters. The van der Waals surface area contributed by atoms with Crippen molar-refractivity contribution < 1.29 is 4.79 Å². The van der Waals surface area contributed by atoms with Crippen LogP contribution in [0.1, 0.15) is 20.8 Å². The molecule has 1 amide bonds. The third-order valence-electron chi connectivity index (χ3n) is 3.06. The van der Waals surface area contributed by atoms with Crippen molar-refractivity contribution in [2.45, 2.75) is 26.8 Å². The Morgan fingerprint density at radius 3 is 2.62 bits per heavy atom. The van der Waals surface area contributed by atoms with Crippen LogP contribution in [-0.2, 0) is 4.79 Å². The van der Waals surface area contributed by atoms with Crippen LogP contribution in [0, 0.1) is 5.92 Å². The summed E-state index contributed by atoms with van der Waals surface area (Å²) in [6.07, 6.45) is 3.60. The minimum Gasteiger partial charge on any atom is -0.371 e. The number of carbonyl (C=O) groups is 1. The number of benzene rings is 1. The molecule has 5 heteroatoms. The first-order valence-electron chi connectivity index (χ1n) is 7.20. The van der Waals surface area contributed by atoms with E-state index >= 15 is 0 Å². The highest BCUT2D eigenvalue weighted by molar-refractivity contribution is 5.84. The molecule has 0 aliphatic heterocycles. The van der Waals surface area contributed by atoms with Gasteiger partial charge in [-0.3, -0.25) is 4.79 Å². The van der Waals surface area contributed by atoms with E-state index in [0.29, 0.717) is 12.5 Å².